The molecule has 4 nitrogen and oxygen atoms in total. The van der Waals surface area contributed by atoms with Gasteiger partial charge in [-0.05, 0) is 75.0 Å². The van der Waals surface area contributed by atoms with Gasteiger partial charge in [-0.1, -0.05) is 30.3 Å². The normalized spacial score (nSPS) is 15.4. The molecular weight excluding hydrogens is 358 g/mol. The van der Waals surface area contributed by atoms with Crippen LogP contribution in [0.4, 0.5) is 11.4 Å². The molecule has 3 rings (SSSR count). The van der Waals surface area contributed by atoms with Gasteiger partial charge < -0.3 is 16.0 Å². The van der Waals surface area contributed by atoms with E-state index in [4.69, 9.17) is 0 Å². The third-order valence-electron chi connectivity index (χ3n) is 5.09. The van der Waals surface area contributed by atoms with E-state index >= 15 is 0 Å². The molecule has 146 valence electrons. The average molecular weight is 388 g/mol. The maximum Gasteiger partial charge on any atom is 0.224 e. The fraction of sp³-hybridized carbons (Fsp3) is 0.409. The average Bonchev–Trinajstić information content (AvgIpc) is 2.69. The second-order valence-electron chi connectivity index (χ2n) is 7.13. The summed E-state index contributed by atoms with van der Waals surface area (Å²) in [6.07, 6.45) is 3.97. The van der Waals surface area contributed by atoms with Crippen LogP contribution in [0.25, 0.3) is 0 Å². The van der Waals surface area contributed by atoms with E-state index in [1.165, 1.54) is 18.4 Å². The van der Waals surface area contributed by atoms with Crippen LogP contribution in [-0.2, 0) is 4.79 Å². The Kier molecular flexibility index (Phi) is 8.62. The Hall–Kier alpha value is -2.04. The van der Waals surface area contributed by atoms with Crippen molar-refractivity contribution in [2.24, 2.45) is 5.92 Å². The molecular formula is C22H30ClN3O. The van der Waals surface area contributed by atoms with E-state index in [-0.39, 0.29) is 24.4 Å². The van der Waals surface area contributed by atoms with Gasteiger partial charge in [0.25, 0.3) is 0 Å². The van der Waals surface area contributed by atoms with Crippen LogP contribution in [0.5, 0.6) is 0 Å². The van der Waals surface area contributed by atoms with E-state index in [1.54, 1.807) is 0 Å². The van der Waals surface area contributed by atoms with Gasteiger partial charge >= 0.3 is 0 Å². The van der Waals surface area contributed by atoms with E-state index < -0.39 is 0 Å². The Balaban J connectivity index is 0.00000261. The molecule has 0 aliphatic carbocycles. The highest BCUT2D eigenvalue weighted by molar-refractivity contribution is 5.90. The lowest BCUT2D eigenvalue weighted by atomic mass is 9.93. The zero-order valence-electron chi connectivity index (χ0n) is 15.9. The Bertz CT molecular complexity index is 684. The molecule has 5 heteroatoms. The van der Waals surface area contributed by atoms with E-state index in [9.17, 15) is 4.79 Å². The number of nitrogens with one attached hydrogen (secondary N) is 3. The number of rotatable bonds is 7. The van der Waals surface area contributed by atoms with Gasteiger partial charge in [0.2, 0.25) is 5.91 Å². The van der Waals surface area contributed by atoms with E-state index in [2.05, 4.69) is 47.1 Å². The van der Waals surface area contributed by atoms with Crippen LogP contribution in [0.3, 0.4) is 0 Å². The first-order valence-corrected chi connectivity index (χ1v) is 9.63. The van der Waals surface area contributed by atoms with Gasteiger partial charge in [-0.2, -0.15) is 0 Å². The van der Waals surface area contributed by atoms with Crippen LogP contribution in [0, 0.1) is 5.92 Å². The first-order chi connectivity index (χ1) is 12.7. The van der Waals surface area contributed by atoms with Crippen molar-refractivity contribution in [1.29, 1.82) is 0 Å². The number of piperidine rings is 1. The monoisotopic (exact) mass is 387 g/mol. The highest BCUT2D eigenvalue weighted by Gasteiger charge is 2.14. The van der Waals surface area contributed by atoms with Crippen molar-refractivity contribution in [1.82, 2.24) is 5.32 Å². The van der Waals surface area contributed by atoms with Crippen LogP contribution in [0.1, 0.15) is 44.2 Å². The topological polar surface area (TPSA) is 53.2 Å². The quantitative estimate of drug-likeness (QED) is 0.626. The number of carbonyl (C=O) groups is 1. The SMILES string of the molecule is CC(Nc1ccc(NC(=O)CCC2CCNCC2)cc1)c1ccccc1.Cl. The number of carbonyl (C=O) groups excluding carboxylic acids is 1. The number of halogens is 1. The molecule has 3 N–H and O–H groups in total. The molecule has 0 bridgehead atoms. The van der Waals surface area contributed by atoms with Gasteiger partial charge in [-0.15, -0.1) is 12.4 Å². The number of amides is 1. The summed E-state index contributed by atoms with van der Waals surface area (Å²) >= 11 is 0. The Morgan fingerprint density at radius 3 is 2.33 bits per heavy atom. The van der Waals surface area contributed by atoms with Crippen molar-refractivity contribution in [3.8, 4) is 0 Å². The van der Waals surface area contributed by atoms with E-state index in [0.29, 0.717) is 12.3 Å². The maximum absolute atomic E-state index is 12.2. The van der Waals surface area contributed by atoms with Gasteiger partial charge in [0.15, 0.2) is 0 Å². The minimum Gasteiger partial charge on any atom is -0.379 e. The lowest BCUT2D eigenvalue weighted by molar-refractivity contribution is -0.116. The fourth-order valence-corrected chi connectivity index (χ4v) is 3.45. The molecule has 1 unspecified atom stereocenters. The van der Waals surface area contributed by atoms with Crippen LogP contribution >= 0.6 is 12.4 Å². The van der Waals surface area contributed by atoms with Gasteiger partial charge in [0, 0.05) is 23.8 Å². The minimum atomic E-state index is 0. The van der Waals surface area contributed by atoms with Gasteiger partial charge in [-0.25, -0.2) is 0 Å². The molecule has 0 spiro atoms. The number of benzene rings is 2. The molecule has 1 saturated heterocycles. The first-order valence-electron chi connectivity index (χ1n) is 9.63. The fourth-order valence-electron chi connectivity index (χ4n) is 3.45. The predicted octanol–water partition coefficient (Wildman–Crippen LogP) is 5.00. The largest absolute Gasteiger partial charge is 0.379 e. The molecule has 27 heavy (non-hydrogen) atoms. The number of hydrogen-bond acceptors (Lipinski definition) is 3. The summed E-state index contributed by atoms with van der Waals surface area (Å²) in [5, 5.41) is 9.86. The molecule has 1 aliphatic heterocycles. The lowest BCUT2D eigenvalue weighted by Gasteiger charge is -2.22. The molecule has 0 aromatic heterocycles. The summed E-state index contributed by atoms with van der Waals surface area (Å²) in [6.45, 7) is 4.32. The molecule has 1 heterocycles. The number of hydrogen-bond donors (Lipinski definition) is 3. The smallest absolute Gasteiger partial charge is 0.224 e. The number of anilines is 2. The van der Waals surface area contributed by atoms with E-state index in [0.717, 1.165) is 30.9 Å². The third kappa shape index (κ3) is 6.89. The standard InChI is InChI=1S/C22H29N3O.ClH/c1-17(19-5-3-2-4-6-19)24-20-8-10-21(11-9-20)25-22(26)12-7-18-13-15-23-16-14-18;/h2-6,8-11,17-18,23-24H,7,12-16H2,1H3,(H,25,26);1H. The molecule has 1 fully saturated rings. The molecule has 2 aromatic carbocycles. The van der Waals surface area contributed by atoms with Crippen molar-refractivity contribution in [2.45, 2.75) is 38.6 Å². The van der Waals surface area contributed by atoms with Crippen molar-refractivity contribution < 1.29 is 4.79 Å². The second kappa shape index (κ2) is 11.0. The van der Waals surface area contributed by atoms with Crippen LogP contribution < -0.4 is 16.0 Å². The first kappa shape index (κ1) is 21.3. The van der Waals surface area contributed by atoms with Crippen molar-refractivity contribution >= 4 is 29.7 Å². The van der Waals surface area contributed by atoms with Crippen LogP contribution in [-0.4, -0.2) is 19.0 Å². The van der Waals surface area contributed by atoms with E-state index in [1.807, 2.05) is 30.3 Å². The summed E-state index contributed by atoms with van der Waals surface area (Å²) in [7, 11) is 0. The lowest BCUT2D eigenvalue weighted by Crippen LogP contribution is -2.28. The van der Waals surface area contributed by atoms with Gasteiger partial charge in [-0.3, -0.25) is 4.79 Å². The summed E-state index contributed by atoms with van der Waals surface area (Å²) in [4.78, 5) is 12.2. The third-order valence-corrected chi connectivity index (χ3v) is 5.09. The molecule has 2 aromatic rings. The molecule has 1 amide bonds. The Morgan fingerprint density at radius 1 is 1.04 bits per heavy atom. The zero-order valence-corrected chi connectivity index (χ0v) is 16.7. The second-order valence-corrected chi connectivity index (χ2v) is 7.13. The maximum atomic E-state index is 12.2. The minimum absolute atomic E-state index is 0. The summed E-state index contributed by atoms with van der Waals surface area (Å²) in [5.74, 6) is 0.801. The molecule has 0 saturated carbocycles. The molecule has 1 aliphatic rings. The van der Waals surface area contributed by atoms with Gasteiger partial charge in [0.05, 0.1) is 0 Å². The summed E-state index contributed by atoms with van der Waals surface area (Å²) in [6, 6.07) is 18.6. The molecule has 0 radical (unpaired) electrons. The Morgan fingerprint density at radius 2 is 1.67 bits per heavy atom. The van der Waals surface area contributed by atoms with Crippen molar-refractivity contribution in [3.63, 3.8) is 0 Å². The van der Waals surface area contributed by atoms with Crippen molar-refractivity contribution in [3.05, 3.63) is 60.2 Å². The zero-order chi connectivity index (χ0) is 18.2. The van der Waals surface area contributed by atoms with Crippen LogP contribution in [0.15, 0.2) is 54.6 Å². The predicted molar refractivity (Wildman–Crippen MR) is 116 cm³/mol. The highest BCUT2D eigenvalue weighted by atomic mass is 35.5. The summed E-state index contributed by atoms with van der Waals surface area (Å²) in [5.41, 5.74) is 3.16. The van der Waals surface area contributed by atoms with Crippen LogP contribution in [0.2, 0.25) is 0 Å². The van der Waals surface area contributed by atoms with Crippen molar-refractivity contribution in [2.75, 3.05) is 23.7 Å². The van der Waals surface area contributed by atoms with Gasteiger partial charge in [0.1, 0.15) is 0 Å². The molecule has 1 atom stereocenters. The Labute approximate surface area is 168 Å². The summed E-state index contributed by atoms with van der Waals surface area (Å²) < 4.78 is 0. The highest BCUT2D eigenvalue weighted by Crippen LogP contribution is 2.21.